The van der Waals surface area contributed by atoms with Crippen LogP contribution in [0.5, 0.6) is 0 Å². The highest BCUT2D eigenvalue weighted by Gasteiger charge is 2.41. The van der Waals surface area contributed by atoms with E-state index in [0.29, 0.717) is 11.4 Å². The molecule has 1 aliphatic heterocycles. The number of hydrogen-bond donors (Lipinski definition) is 3. The highest BCUT2D eigenvalue weighted by molar-refractivity contribution is 5.63. The van der Waals surface area contributed by atoms with E-state index < -0.39 is 5.72 Å². The van der Waals surface area contributed by atoms with Crippen molar-refractivity contribution >= 4 is 17.8 Å². The summed E-state index contributed by atoms with van der Waals surface area (Å²) in [5.41, 5.74) is 16.9. The van der Waals surface area contributed by atoms with Crippen molar-refractivity contribution in [2.45, 2.75) is 5.72 Å². The second-order valence-electron chi connectivity index (χ2n) is 4.32. The molecule has 0 aliphatic carbocycles. The first-order valence-electron chi connectivity index (χ1n) is 5.90. The average molecular weight is 254 g/mol. The normalized spacial score (nSPS) is 15.8. The zero-order valence-corrected chi connectivity index (χ0v) is 10.2. The summed E-state index contributed by atoms with van der Waals surface area (Å²) in [6.45, 7) is 0. The SMILES string of the molecule is Nc1ccccc1C1(c2ccccc2N)NN=CO1. The maximum Gasteiger partial charge on any atom is 0.253 e. The number of para-hydroxylation sites is 2. The number of nitrogens with two attached hydrogens (primary N) is 2. The zero-order chi connectivity index (χ0) is 13.3. The molecular formula is C14H14N4O. The highest BCUT2D eigenvalue weighted by Crippen LogP contribution is 2.38. The van der Waals surface area contributed by atoms with Crippen molar-refractivity contribution in [1.29, 1.82) is 0 Å². The molecule has 5 heteroatoms. The van der Waals surface area contributed by atoms with Crippen LogP contribution < -0.4 is 16.9 Å². The third kappa shape index (κ3) is 1.67. The summed E-state index contributed by atoms with van der Waals surface area (Å²) in [7, 11) is 0. The molecule has 96 valence electrons. The van der Waals surface area contributed by atoms with E-state index in [-0.39, 0.29) is 0 Å². The second-order valence-corrected chi connectivity index (χ2v) is 4.32. The smallest absolute Gasteiger partial charge is 0.253 e. The number of nitrogens with one attached hydrogen (secondary N) is 1. The fourth-order valence-electron chi connectivity index (χ4n) is 2.28. The maximum atomic E-state index is 6.06. The Bertz CT molecular complexity index is 583. The Morgan fingerprint density at radius 3 is 1.84 bits per heavy atom. The van der Waals surface area contributed by atoms with Crippen molar-refractivity contribution in [3.8, 4) is 0 Å². The predicted octanol–water partition coefficient (Wildman–Crippen LogP) is 1.62. The van der Waals surface area contributed by atoms with Crippen molar-refractivity contribution in [3.05, 3.63) is 59.7 Å². The molecule has 0 radical (unpaired) electrons. The second kappa shape index (κ2) is 4.20. The van der Waals surface area contributed by atoms with Gasteiger partial charge in [0.2, 0.25) is 0 Å². The van der Waals surface area contributed by atoms with Gasteiger partial charge in [0, 0.05) is 22.5 Å². The molecule has 5 N–H and O–H groups in total. The van der Waals surface area contributed by atoms with Crippen LogP contribution in [0.25, 0.3) is 0 Å². The van der Waals surface area contributed by atoms with Gasteiger partial charge in [-0.3, -0.25) is 5.43 Å². The molecule has 1 heterocycles. The zero-order valence-electron chi connectivity index (χ0n) is 10.2. The Kier molecular flexibility index (Phi) is 2.52. The Balaban J connectivity index is 2.22. The quantitative estimate of drug-likeness (QED) is 0.711. The molecule has 2 aromatic carbocycles. The van der Waals surface area contributed by atoms with Crippen LogP contribution in [-0.4, -0.2) is 6.40 Å². The monoisotopic (exact) mass is 254 g/mol. The number of ether oxygens (including phenoxy) is 1. The fourth-order valence-corrected chi connectivity index (χ4v) is 2.28. The summed E-state index contributed by atoms with van der Waals surface area (Å²) in [5.74, 6) is 0. The summed E-state index contributed by atoms with van der Waals surface area (Å²) >= 11 is 0. The molecular weight excluding hydrogens is 240 g/mol. The highest BCUT2D eigenvalue weighted by atomic mass is 16.5. The Morgan fingerprint density at radius 2 is 1.42 bits per heavy atom. The number of benzene rings is 2. The molecule has 5 nitrogen and oxygen atoms in total. The van der Waals surface area contributed by atoms with Crippen molar-refractivity contribution in [2.75, 3.05) is 11.5 Å². The van der Waals surface area contributed by atoms with E-state index in [1.807, 2.05) is 48.5 Å². The molecule has 0 amide bonds. The van der Waals surface area contributed by atoms with Crippen LogP contribution in [0.3, 0.4) is 0 Å². The standard InChI is InChI=1S/C14H14N4O/c15-12-7-3-1-5-10(12)14(18-17-9-19-14)11-6-2-4-8-13(11)16/h1-9,18H,15-16H2. The van der Waals surface area contributed by atoms with Crippen LogP contribution in [0.4, 0.5) is 11.4 Å². The minimum atomic E-state index is -0.962. The van der Waals surface area contributed by atoms with Gasteiger partial charge in [-0.15, -0.1) is 5.10 Å². The number of hydrazone groups is 1. The molecule has 0 spiro atoms. The van der Waals surface area contributed by atoms with Crippen LogP contribution in [0.1, 0.15) is 11.1 Å². The van der Waals surface area contributed by atoms with Crippen molar-refractivity contribution in [2.24, 2.45) is 5.10 Å². The van der Waals surface area contributed by atoms with Gasteiger partial charge in [0.05, 0.1) is 0 Å². The Hall–Kier alpha value is -2.69. The Morgan fingerprint density at radius 1 is 0.895 bits per heavy atom. The lowest BCUT2D eigenvalue weighted by Gasteiger charge is -2.30. The van der Waals surface area contributed by atoms with E-state index in [1.54, 1.807) is 0 Å². The molecule has 1 aliphatic rings. The first kappa shape index (κ1) is 11.4. The minimum Gasteiger partial charge on any atom is -0.446 e. The maximum absolute atomic E-state index is 6.06. The number of nitrogen functional groups attached to an aromatic ring is 2. The lowest BCUT2D eigenvalue weighted by molar-refractivity contribution is 0.0989. The molecule has 19 heavy (non-hydrogen) atoms. The van der Waals surface area contributed by atoms with Crippen LogP contribution in [0.15, 0.2) is 53.6 Å². The van der Waals surface area contributed by atoms with Gasteiger partial charge in [0.1, 0.15) is 0 Å². The van der Waals surface area contributed by atoms with E-state index in [0.717, 1.165) is 11.1 Å². The van der Waals surface area contributed by atoms with Gasteiger partial charge in [-0.2, -0.15) is 0 Å². The third-order valence-electron chi connectivity index (χ3n) is 3.18. The van der Waals surface area contributed by atoms with E-state index in [2.05, 4.69) is 10.5 Å². The molecule has 0 saturated heterocycles. The minimum absolute atomic E-state index is 0.615. The summed E-state index contributed by atoms with van der Waals surface area (Å²) < 4.78 is 5.71. The summed E-state index contributed by atoms with van der Waals surface area (Å²) in [5, 5.41) is 3.96. The number of nitrogens with zero attached hydrogens (tertiary/aromatic N) is 1. The molecule has 0 aromatic heterocycles. The number of rotatable bonds is 2. The number of anilines is 2. The summed E-state index contributed by atoms with van der Waals surface area (Å²) in [6.07, 6.45) is 1.36. The lowest BCUT2D eigenvalue weighted by Crippen LogP contribution is -2.40. The molecule has 3 rings (SSSR count). The molecule has 0 atom stereocenters. The first-order chi connectivity index (χ1) is 9.24. The van der Waals surface area contributed by atoms with Gasteiger partial charge < -0.3 is 16.2 Å². The molecule has 2 aromatic rings. The van der Waals surface area contributed by atoms with Crippen LogP contribution in [-0.2, 0) is 10.5 Å². The lowest BCUT2D eigenvalue weighted by atomic mass is 9.92. The summed E-state index contributed by atoms with van der Waals surface area (Å²) in [6, 6.07) is 15.0. The van der Waals surface area contributed by atoms with Gasteiger partial charge in [0.25, 0.3) is 5.72 Å². The van der Waals surface area contributed by atoms with Gasteiger partial charge in [-0.25, -0.2) is 0 Å². The van der Waals surface area contributed by atoms with Crippen molar-refractivity contribution < 1.29 is 4.74 Å². The molecule has 0 fully saturated rings. The van der Waals surface area contributed by atoms with Gasteiger partial charge in [-0.05, 0) is 12.1 Å². The molecule has 0 saturated carbocycles. The fraction of sp³-hybridized carbons (Fsp3) is 0.0714. The molecule has 0 bridgehead atoms. The largest absolute Gasteiger partial charge is 0.446 e. The van der Waals surface area contributed by atoms with Crippen molar-refractivity contribution in [1.82, 2.24) is 5.43 Å². The van der Waals surface area contributed by atoms with Crippen LogP contribution in [0.2, 0.25) is 0 Å². The van der Waals surface area contributed by atoms with Crippen molar-refractivity contribution in [3.63, 3.8) is 0 Å². The number of hydrogen-bond acceptors (Lipinski definition) is 5. The topological polar surface area (TPSA) is 85.7 Å². The van der Waals surface area contributed by atoms with Crippen LogP contribution >= 0.6 is 0 Å². The van der Waals surface area contributed by atoms with Gasteiger partial charge in [0.15, 0.2) is 6.40 Å². The van der Waals surface area contributed by atoms with Crippen LogP contribution in [0, 0.1) is 0 Å². The summed E-state index contributed by atoms with van der Waals surface area (Å²) in [4.78, 5) is 0. The third-order valence-corrected chi connectivity index (χ3v) is 3.18. The predicted molar refractivity (Wildman–Crippen MR) is 75.2 cm³/mol. The average Bonchev–Trinajstić information content (AvgIpc) is 2.90. The first-order valence-corrected chi connectivity index (χ1v) is 5.90. The van der Waals surface area contributed by atoms with E-state index in [1.165, 1.54) is 6.40 Å². The van der Waals surface area contributed by atoms with Gasteiger partial charge >= 0.3 is 0 Å². The van der Waals surface area contributed by atoms with E-state index >= 15 is 0 Å². The van der Waals surface area contributed by atoms with E-state index in [9.17, 15) is 0 Å². The van der Waals surface area contributed by atoms with E-state index in [4.69, 9.17) is 16.2 Å². The van der Waals surface area contributed by atoms with Gasteiger partial charge in [-0.1, -0.05) is 36.4 Å². The Labute approximate surface area is 110 Å². The molecule has 0 unspecified atom stereocenters.